The zero-order valence-electron chi connectivity index (χ0n) is 7.05. The summed E-state index contributed by atoms with van der Waals surface area (Å²) in [7, 11) is -4.39. The van der Waals surface area contributed by atoms with Crippen molar-refractivity contribution in [3.05, 3.63) is 0 Å². The third kappa shape index (κ3) is 2.42. The Bertz CT molecular complexity index is 243. The molecule has 0 aromatic heterocycles. The molecule has 0 aliphatic heterocycles. The first-order chi connectivity index (χ1) is 5.47. The molecule has 0 amide bonds. The fourth-order valence-electron chi connectivity index (χ4n) is 1.52. The van der Waals surface area contributed by atoms with Gasteiger partial charge >= 0.3 is 10.2 Å². The zero-order chi connectivity index (χ0) is 9.24. The van der Waals surface area contributed by atoms with Crippen LogP contribution in [0.15, 0.2) is 0 Å². The highest BCUT2D eigenvalue weighted by molar-refractivity contribution is 7.86. The smallest absolute Gasteiger partial charge is 0.305 e. The normalized spacial score (nSPS) is 21.8. The number of hydrogen-bond donors (Lipinski definition) is 0. The van der Waals surface area contributed by atoms with E-state index < -0.39 is 21.6 Å². The Hall–Kier alpha value is -0.160. The maximum absolute atomic E-state index is 12.3. The van der Waals surface area contributed by atoms with E-state index in [0.717, 1.165) is 6.42 Å². The molecule has 0 aromatic carbocycles. The van der Waals surface area contributed by atoms with E-state index >= 15 is 0 Å². The van der Waals surface area contributed by atoms with Crippen LogP contribution in [0.3, 0.4) is 0 Å². The van der Waals surface area contributed by atoms with E-state index in [9.17, 15) is 12.3 Å². The third-order valence-electron chi connectivity index (χ3n) is 2.15. The van der Waals surface area contributed by atoms with E-state index in [-0.39, 0.29) is 0 Å². The Balaban J connectivity index is 2.56. The molecule has 0 heterocycles. The molecule has 1 aliphatic rings. The summed E-state index contributed by atoms with van der Waals surface area (Å²) in [6.07, 6.45) is 2.24. The highest BCUT2D eigenvalue weighted by Gasteiger charge is 2.41. The van der Waals surface area contributed by atoms with Crippen LogP contribution >= 0.6 is 0 Å². The van der Waals surface area contributed by atoms with Crippen LogP contribution in [0.2, 0.25) is 0 Å². The molecule has 1 aliphatic carbocycles. The van der Waals surface area contributed by atoms with Gasteiger partial charge in [-0.25, -0.2) is 0 Å². The molecule has 1 saturated carbocycles. The molecule has 0 unspecified atom stereocenters. The minimum Gasteiger partial charge on any atom is -0.374 e. The van der Waals surface area contributed by atoms with Crippen molar-refractivity contribution in [3.8, 4) is 0 Å². The first-order valence-corrected chi connectivity index (χ1v) is 5.59. The molecule has 0 atom stereocenters. The fourth-order valence-corrected chi connectivity index (χ4v) is 2.52. The number of halogens is 1. The van der Waals surface area contributed by atoms with Gasteiger partial charge < -0.3 is 4.74 Å². The van der Waals surface area contributed by atoms with Gasteiger partial charge in [0.1, 0.15) is 5.75 Å². The van der Waals surface area contributed by atoms with Gasteiger partial charge in [-0.2, -0.15) is 8.42 Å². The van der Waals surface area contributed by atoms with E-state index in [0.29, 0.717) is 19.4 Å². The van der Waals surface area contributed by atoms with Crippen LogP contribution in [-0.2, 0) is 15.0 Å². The SMILES string of the molecule is CCOC1(CS(=O)(=O)F)CCC1. The molecule has 72 valence electrons. The molecular formula is C7H13FO3S. The van der Waals surface area contributed by atoms with Gasteiger partial charge in [-0.05, 0) is 26.2 Å². The van der Waals surface area contributed by atoms with Crippen molar-refractivity contribution in [2.75, 3.05) is 12.4 Å². The van der Waals surface area contributed by atoms with Gasteiger partial charge in [-0.15, -0.1) is 3.89 Å². The lowest BCUT2D eigenvalue weighted by atomic mass is 9.82. The standard InChI is InChI=1S/C7H13FO3S/c1-2-11-7(4-3-5-7)6-12(8,9)10/h2-6H2,1H3. The Labute approximate surface area is 72.1 Å². The van der Waals surface area contributed by atoms with Gasteiger partial charge in [0, 0.05) is 6.61 Å². The van der Waals surface area contributed by atoms with E-state index in [2.05, 4.69) is 0 Å². The van der Waals surface area contributed by atoms with Gasteiger partial charge in [0.2, 0.25) is 0 Å². The summed E-state index contributed by atoms with van der Waals surface area (Å²) < 4.78 is 38.3. The van der Waals surface area contributed by atoms with Crippen LogP contribution in [0, 0.1) is 0 Å². The molecule has 12 heavy (non-hydrogen) atoms. The second-order valence-electron chi connectivity index (χ2n) is 3.15. The van der Waals surface area contributed by atoms with E-state index in [4.69, 9.17) is 4.74 Å². The van der Waals surface area contributed by atoms with Crippen molar-refractivity contribution < 1.29 is 17.0 Å². The topological polar surface area (TPSA) is 43.4 Å². The van der Waals surface area contributed by atoms with Crippen LogP contribution < -0.4 is 0 Å². The molecule has 0 bridgehead atoms. The van der Waals surface area contributed by atoms with Crippen LogP contribution in [0.5, 0.6) is 0 Å². The number of ether oxygens (including phenoxy) is 1. The summed E-state index contributed by atoms with van der Waals surface area (Å²) in [4.78, 5) is 0. The van der Waals surface area contributed by atoms with Crippen molar-refractivity contribution in [3.63, 3.8) is 0 Å². The quantitative estimate of drug-likeness (QED) is 0.635. The van der Waals surface area contributed by atoms with Gasteiger partial charge in [0.25, 0.3) is 0 Å². The largest absolute Gasteiger partial charge is 0.374 e. The van der Waals surface area contributed by atoms with Crippen molar-refractivity contribution in [2.45, 2.75) is 31.8 Å². The molecule has 0 radical (unpaired) electrons. The van der Waals surface area contributed by atoms with Gasteiger partial charge in [-0.1, -0.05) is 0 Å². The first-order valence-electron chi connectivity index (χ1n) is 4.04. The molecule has 0 aromatic rings. The second kappa shape index (κ2) is 3.30. The lowest BCUT2D eigenvalue weighted by Crippen LogP contribution is -2.45. The van der Waals surface area contributed by atoms with Crippen LogP contribution in [-0.4, -0.2) is 26.4 Å². The lowest BCUT2D eigenvalue weighted by Gasteiger charge is -2.39. The minimum absolute atomic E-state index is 0.440. The highest BCUT2D eigenvalue weighted by Crippen LogP contribution is 2.36. The highest BCUT2D eigenvalue weighted by atomic mass is 32.3. The Morgan fingerprint density at radius 2 is 2.08 bits per heavy atom. The minimum atomic E-state index is -4.39. The summed E-state index contributed by atoms with van der Waals surface area (Å²) in [6.45, 7) is 2.22. The number of hydrogen-bond acceptors (Lipinski definition) is 3. The lowest BCUT2D eigenvalue weighted by molar-refractivity contribution is -0.0773. The summed E-state index contributed by atoms with van der Waals surface area (Å²) in [6, 6.07) is 0. The fraction of sp³-hybridized carbons (Fsp3) is 1.00. The predicted octanol–water partition coefficient (Wildman–Crippen LogP) is 1.24. The summed E-state index contributed by atoms with van der Waals surface area (Å²) >= 11 is 0. The molecule has 5 heteroatoms. The zero-order valence-corrected chi connectivity index (χ0v) is 7.86. The first kappa shape index (κ1) is 9.92. The maximum Gasteiger partial charge on any atom is 0.305 e. The Morgan fingerprint density at radius 1 is 1.50 bits per heavy atom. The molecular weight excluding hydrogens is 183 g/mol. The van der Waals surface area contributed by atoms with Crippen molar-refractivity contribution >= 4 is 10.2 Å². The predicted molar refractivity (Wildman–Crippen MR) is 43.1 cm³/mol. The molecule has 1 fully saturated rings. The van der Waals surface area contributed by atoms with E-state index in [1.165, 1.54) is 0 Å². The molecule has 1 rings (SSSR count). The van der Waals surface area contributed by atoms with Crippen molar-refractivity contribution in [1.29, 1.82) is 0 Å². The summed E-state index contributed by atoms with van der Waals surface area (Å²) in [5.74, 6) is -0.478. The molecule has 0 saturated heterocycles. The molecule has 0 N–H and O–H groups in total. The average molecular weight is 196 g/mol. The third-order valence-corrected chi connectivity index (χ3v) is 3.02. The van der Waals surface area contributed by atoms with Crippen LogP contribution in [0.4, 0.5) is 3.89 Å². The van der Waals surface area contributed by atoms with Crippen LogP contribution in [0.1, 0.15) is 26.2 Å². The Kier molecular flexibility index (Phi) is 2.73. The summed E-state index contributed by atoms with van der Waals surface area (Å²) in [5, 5.41) is 0. The molecule has 0 spiro atoms. The summed E-state index contributed by atoms with van der Waals surface area (Å²) in [5.41, 5.74) is -0.706. The van der Waals surface area contributed by atoms with Gasteiger partial charge in [0.05, 0.1) is 5.60 Å². The number of rotatable bonds is 4. The van der Waals surface area contributed by atoms with Crippen molar-refractivity contribution in [2.24, 2.45) is 0 Å². The maximum atomic E-state index is 12.3. The molecule has 3 nitrogen and oxygen atoms in total. The van der Waals surface area contributed by atoms with Crippen molar-refractivity contribution in [1.82, 2.24) is 0 Å². The Morgan fingerprint density at radius 3 is 2.33 bits per heavy atom. The monoisotopic (exact) mass is 196 g/mol. The van der Waals surface area contributed by atoms with E-state index in [1.807, 2.05) is 0 Å². The van der Waals surface area contributed by atoms with Crippen LogP contribution in [0.25, 0.3) is 0 Å². The average Bonchev–Trinajstić information content (AvgIpc) is 1.80. The van der Waals surface area contributed by atoms with Gasteiger partial charge in [-0.3, -0.25) is 0 Å². The second-order valence-corrected chi connectivity index (χ2v) is 4.52. The van der Waals surface area contributed by atoms with Gasteiger partial charge in [0.15, 0.2) is 0 Å². The van der Waals surface area contributed by atoms with E-state index in [1.54, 1.807) is 6.92 Å².